The highest BCUT2D eigenvalue weighted by molar-refractivity contribution is 7.80. The molecule has 0 aromatic heterocycles. The summed E-state index contributed by atoms with van der Waals surface area (Å²) in [6.45, 7) is 1.63. The fourth-order valence-corrected chi connectivity index (χ4v) is 1.17. The van der Waals surface area contributed by atoms with Crippen molar-refractivity contribution in [3.63, 3.8) is 0 Å². The second kappa shape index (κ2) is 4.93. The maximum atomic E-state index is 11.2. The van der Waals surface area contributed by atoms with Crippen molar-refractivity contribution in [3.8, 4) is 0 Å². The number of urea groups is 1. The molecular formula is C9H9ClN2OS. The van der Waals surface area contributed by atoms with Crippen LogP contribution in [-0.2, 0) is 0 Å². The van der Waals surface area contributed by atoms with Crippen LogP contribution in [0.2, 0.25) is 5.02 Å². The molecule has 0 saturated carbocycles. The zero-order valence-corrected chi connectivity index (χ0v) is 9.08. The number of anilines is 1. The monoisotopic (exact) mass is 228 g/mol. The second-order valence-electron chi connectivity index (χ2n) is 2.65. The molecule has 0 aliphatic rings. The first-order valence-electron chi connectivity index (χ1n) is 3.92. The molecule has 0 unspecified atom stereocenters. The molecule has 0 atom stereocenters. The summed E-state index contributed by atoms with van der Waals surface area (Å²) in [7, 11) is 0. The number of rotatable bonds is 1. The highest BCUT2D eigenvalue weighted by atomic mass is 35.5. The Labute approximate surface area is 92.4 Å². The third-order valence-corrected chi connectivity index (χ3v) is 1.71. The summed E-state index contributed by atoms with van der Waals surface area (Å²) >= 11 is 10.5. The number of carbonyl (C=O) groups excluding carboxylic acids is 1. The van der Waals surface area contributed by atoms with Crippen LogP contribution in [0.5, 0.6) is 0 Å². The summed E-state index contributed by atoms with van der Waals surface area (Å²) < 4.78 is 0. The molecule has 0 fully saturated rings. The van der Waals surface area contributed by atoms with Crippen LogP contribution >= 0.6 is 23.8 Å². The maximum Gasteiger partial charge on any atom is 0.324 e. The molecule has 0 saturated heterocycles. The molecule has 3 nitrogen and oxygen atoms in total. The van der Waals surface area contributed by atoms with Gasteiger partial charge in [0.1, 0.15) is 0 Å². The Morgan fingerprint density at radius 2 is 2.21 bits per heavy atom. The lowest BCUT2D eigenvalue weighted by atomic mass is 10.3. The van der Waals surface area contributed by atoms with Gasteiger partial charge in [0.2, 0.25) is 0 Å². The molecule has 1 aromatic carbocycles. The Hall–Kier alpha value is -1.13. The van der Waals surface area contributed by atoms with Gasteiger partial charge in [0, 0.05) is 10.7 Å². The Bertz CT molecular complexity index is 368. The summed E-state index contributed by atoms with van der Waals surface area (Å²) in [4.78, 5) is 11.6. The van der Waals surface area contributed by atoms with Crippen molar-refractivity contribution >= 4 is 40.5 Å². The topological polar surface area (TPSA) is 41.1 Å². The van der Waals surface area contributed by atoms with Gasteiger partial charge in [-0.1, -0.05) is 29.9 Å². The van der Waals surface area contributed by atoms with Crippen molar-refractivity contribution in [3.05, 3.63) is 29.3 Å². The molecule has 5 heteroatoms. The van der Waals surface area contributed by atoms with E-state index in [1.54, 1.807) is 31.2 Å². The van der Waals surface area contributed by atoms with Gasteiger partial charge in [-0.25, -0.2) is 4.79 Å². The van der Waals surface area contributed by atoms with Crippen LogP contribution in [-0.4, -0.2) is 11.0 Å². The van der Waals surface area contributed by atoms with Crippen molar-refractivity contribution in [2.75, 3.05) is 5.32 Å². The highest BCUT2D eigenvalue weighted by Gasteiger charge is 2.01. The quantitative estimate of drug-likeness (QED) is 0.726. The van der Waals surface area contributed by atoms with Crippen molar-refractivity contribution in [2.45, 2.75) is 6.92 Å². The Kier molecular flexibility index (Phi) is 3.85. The molecule has 0 bridgehead atoms. The Morgan fingerprint density at radius 1 is 1.50 bits per heavy atom. The maximum absolute atomic E-state index is 11.2. The standard InChI is InChI=1S/C9H9ClN2OS/c1-6(14)11-9(13)12-8-4-2-3-7(10)5-8/h2-5H,1H3,(H2,11,12,13,14). The summed E-state index contributed by atoms with van der Waals surface area (Å²) in [5.74, 6) is 0. The predicted molar refractivity (Wildman–Crippen MR) is 61.9 cm³/mol. The van der Waals surface area contributed by atoms with Gasteiger partial charge < -0.3 is 10.6 Å². The first-order chi connectivity index (χ1) is 6.58. The minimum absolute atomic E-state index is 0.361. The summed E-state index contributed by atoms with van der Waals surface area (Å²) in [5.41, 5.74) is 0.631. The molecule has 0 aliphatic heterocycles. The second-order valence-corrected chi connectivity index (χ2v) is 3.69. The molecule has 0 spiro atoms. The first kappa shape index (κ1) is 10.9. The van der Waals surface area contributed by atoms with Crippen LogP contribution in [0.1, 0.15) is 6.92 Å². The number of nitrogens with one attached hydrogen (secondary N) is 2. The number of benzene rings is 1. The van der Waals surface area contributed by atoms with Crippen molar-refractivity contribution in [1.29, 1.82) is 0 Å². The van der Waals surface area contributed by atoms with E-state index in [-0.39, 0.29) is 6.03 Å². The molecule has 0 heterocycles. The van der Waals surface area contributed by atoms with E-state index >= 15 is 0 Å². The number of halogens is 1. The fourth-order valence-electron chi connectivity index (χ4n) is 0.888. The van der Waals surface area contributed by atoms with E-state index in [0.29, 0.717) is 15.7 Å². The third-order valence-electron chi connectivity index (χ3n) is 1.37. The van der Waals surface area contributed by atoms with E-state index in [0.717, 1.165) is 0 Å². The van der Waals surface area contributed by atoms with E-state index in [9.17, 15) is 4.79 Å². The summed E-state index contributed by atoms with van der Waals surface area (Å²) in [5, 5.41) is 5.61. The van der Waals surface area contributed by atoms with Gasteiger partial charge in [-0.05, 0) is 25.1 Å². The van der Waals surface area contributed by atoms with Crippen LogP contribution < -0.4 is 10.6 Å². The van der Waals surface area contributed by atoms with Crippen LogP contribution in [0, 0.1) is 0 Å². The Balaban J connectivity index is 2.60. The summed E-state index contributed by atoms with van der Waals surface area (Å²) in [6.07, 6.45) is 0. The number of hydrogen-bond acceptors (Lipinski definition) is 2. The SMILES string of the molecule is CC(=S)NC(=O)Nc1cccc(Cl)c1. The fraction of sp³-hybridized carbons (Fsp3) is 0.111. The van der Waals surface area contributed by atoms with Gasteiger partial charge in [0.15, 0.2) is 0 Å². The third kappa shape index (κ3) is 3.72. The number of carbonyl (C=O) groups is 1. The molecule has 2 amide bonds. The average Bonchev–Trinajstić information content (AvgIpc) is 2.01. The van der Waals surface area contributed by atoms with Gasteiger partial charge >= 0.3 is 6.03 Å². The predicted octanol–water partition coefficient (Wildman–Crippen LogP) is 2.81. The number of hydrogen-bond donors (Lipinski definition) is 2. The van der Waals surface area contributed by atoms with Crippen molar-refractivity contribution in [2.24, 2.45) is 0 Å². The van der Waals surface area contributed by atoms with Crippen molar-refractivity contribution in [1.82, 2.24) is 5.32 Å². The van der Waals surface area contributed by atoms with Crippen LogP contribution in [0.25, 0.3) is 0 Å². The molecular weight excluding hydrogens is 220 g/mol. The minimum Gasteiger partial charge on any atom is -0.308 e. The Morgan fingerprint density at radius 3 is 2.79 bits per heavy atom. The highest BCUT2D eigenvalue weighted by Crippen LogP contribution is 2.14. The van der Waals surface area contributed by atoms with Crippen LogP contribution in [0.3, 0.4) is 0 Å². The molecule has 14 heavy (non-hydrogen) atoms. The van der Waals surface area contributed by atoms with E-state index in [1.165, 1.54) is 0 Å². The van der Waals surface area contributed by atoms with Gasteiger partial charge in [-0.2, -0.15) is 0 Å². The van der Waals surface area contributed by atoms with Gasteiger partial charge in [-0.15, -0.1) is 0 Å². The molecule has 0 aliphatic carbocycles. The van der Waals surface area contributed by atoms with E-state index in [2.05, 4.69) is 10.6 Å². The zero-order valence-electron chi connectivity index (χ0n) is 7.50. The molecule has 74 valence electrons. The molecule has 2 N–H and O–H groups in total. The van der Waals surface area contributed by atoms with Gasteiger partial charge in [0.05, 0.1) is 4.99 Å². The van der Waals surface area contributed by atoms with Gasteiger partial charge in [-0.3, -0.25) is 0 Å². The lowest BCUT2D eigenvalue weighted by molar-refractivity contribution is 0.256. The molecule has 1 rings (SSSR count). The smallest absolute Gasteiger partial charge is 0.308 e. The largest absolute Gasteiger partial charge is 0.324 e. The normalized spacial score (nSPS) is 9.29. The first-order valence-corrected chi connectivity index (χ1v) is 4.70. The lowest BCUT2D eigenvalue weighted by Gasteiger charge is -2.05. The molecule has 0 radical (unpaired) electrons. The zero-order chi connectivity index (χ0) is 10.6. The van der Waals surface area contributed by atoms with E-state index in [1.807, 2.05) is 0 Å². The van der Waals surface area contributed by atoms with Crippen molar-refractivity contribution < 1.29 is 4.79 Å². The number of thiocarbonyl (C=S) groups is 1. The van der Waals surface area contributed by atoms with Crippen LogP contribution in [0.15, 0.2) is 24.3 Å². The average molecular weight is 229 g/mol. The van der Waals surface area contributed by atoms with Gasteiger partial charge in [0.25, 0.3) is 0 Å². The summed E-state index contributed by atoms with van der Waals surface area (Å²) in [6, 6.07) is 6.51. The van der Waals surface area contributed by atoms with E-state index < -0.39 is 0 Å². The molecule has 1 aromatic rings. The minimum atomic E-state index is -0.361. The van der Waals surface area contributed by atoms with E-state index in [4.69, 9.17) is 23.8 Å². The number of amides is 2. The lowest BCUT2D eigenvalue weighted by Crippen LogP contribution is -2.31. The van der Waals surface area contributed by atoms with Crippen LogP contribution in [0.4, 0.5) is 10.5 Å².